The van der Waals surface area contributed by atoms with Gasteiger partial charge in [-0.05, 0) is 96.6 Å². The largest absolute Gasteiger partial charge is 0.310 e. The standard InChI is InChI=1S/C49H37N/c1-49(2)44-25-13-21-38-29-32-42(37-19-10-5-11-20-37)47(46(38)44)43-24-14-26-45(48(43)49)50(40-30-27-36(28-31-40)34-15-6-3-7-16-34)41-23-12-22-39(33-41)35-17-8-4-9-18-35/h3-33H,1-2H3/i1D3,2D3,3D,4D,5D,6D,7D,8D,9D,10D,11D,12D,13D,14D,15D,16D,17D,18D,19D,20D,21D,22D,23D,24D,25D,26D,27D,28D,29D,30D,31D,32D,33D. The van der Waals surface area contributed by atoms with Gasteiger partial charge >= 0.3 is 0 Å². The molecule has 0 spiro atoms. The molecular formula is C49H37N. The SMILES string of the molecule is [2H]c1c([2H])c([2H])c(-c2c([2H])c([2H])c(N(c3c([2H])c([2H])c([2H])c(-c4c([2H])c([2H])c([2H])c([2H])c4[2H])c3[2H])c3c([2H])c([2H])c([2H])c4c3C(C([2H])([2H])[2H])(C([2H])([2H])[2H])c3c([2H])c([2H])c([2H])c5c([2H])c([2H])c(-c6c([2H])c([2H])c([2H])c([2H])c6[2H])c-4c35)c([2H])c2[2H])c([2H])c1[2H]. The predicted molar refractivity (Wildman–Crippen MR) is 213 cm³/mol. The first-order valence-corrected chi connectivity index (χ1v) is 14.4. The Morgan fingerprint density at radius 2 is 1.06 bits per heavy atom. The van der Waals surface area contributed by atoms with Crippen molar-refractivity contribution in [1.82, 2.24) is 0 Å². The molecule has 0 unspecified atom stereocenters. The van der Waals surface area contributed by atoms with Crippen LogP contribution in [0.3, 0.4) is 0 Å². The minimum absolute atomic E-state index is 0.0231. The van der Waals surface area contributed by atoms with Gasteiger partial charge in [0.2, 0.25) is 0 Å². The summed E-state index contributed by atoms with van der Waals surface area (Å²) in [5, 5.41) is -2.11. The van der Waals surface area contributed by atoms with Gasteiger partial charge in [-0.25, -0.2) is 0 Å². The van der Waals surface area contributed by atoms with Gasteiger partial charge in [0.1, 0.15) is 0 Å². The normalized spacial score (nSPS) is 23.7. The molecule has 0 aromatic heterocycles. The van der Waals surface area contributed by atoms with E-state index in [0.29, 0.717) is 0 Å². The summed E-state index contributed by atoms with van der Waals surface area (Å²) in [5.74, 6) is 0. The maximum absolute atomic E-state index is 9.97. The van der Waals surface area contributed by atoms with Crippen molar-refractivity contribution in [3.63, 3.8) is 0 Å². The van der Waals surface area contributed by atoms with E-state index >= 15 is 0 Å². The van der Waals surface area contributed by atoms with Crippen molar-refractivity contribution in [1.29, 1.82) is 0 Å². The zero-order valence-corrected chi connectivity index (χ0v) is 24.9. The smallest absolute Gasteiger partial charge is 0.0651 e. The molecule has 50 heavy (non-hydrogen) atoms. The first kappa shape index (κ1) is 10.2. The molecule has 1 aliphatic carbocycles. The van der Waals surface area contributed by atoms with E-state index in [1.54, 1.807) is 0 Å². The number of fused-ring (bicyclic) bond motifs is 2. The zero-order valence-electron chi connectivity index (χ0n) is 61.9. The Morgan fingerprint density at radius 1 is 0.460 bits per heavy atom. The molecule has 1 aliphatic rings. The quantitative estimate of drug-likeness (QED) is 0.169. The molecule has 0 aliphatic heterocycles. The fourth-order valence-electron chi connectivity index (χ4n) is 5.60. The summed E-state index contributed by atoms with van der Waals surface area (Å²) in [6, 6.07) is -39.6. The summed E-state index contributed by atoms with van der Waals surface area (Å²) in [4.78, 5) is 0.0231. The lowest BCUT2D eigenvalue weighted by atomic mass is 9.66. The van der Waals surface area contributed by atoms with Crippen LogP contribution in [0.1, 0.15) is 75.5 Å². The molecule has 0 amide bonds. The average molecular weight is 677 g/mol. The fourth-order valence-corrected chi connectivity index (χ4v) is 5.60. The number of benzene rings is 8. The molecule has 0 radical (unpaired) electrons. The highest BCUT2D eigenvalue weighted by molar-refractivity contribution is 6.10. The Kier molecular flexibility index (Phi) is 2.46. The van der Waals surface area contributed by atoms with E-state index in [-0.39, 0.29) is 4.90 Å². The third-order valence-corrected chi connectivity index (χ3v) is 7.69. The highest BCUT2D eigenvalue weighted by atomic mass is 15.1. The summed E-state index contributed by atoms with van der Waals surface area (Å²) in [7, 11) is 0. The molecule has 0 saturated carbocycles. The van der Waals surface area contributed by atoms with Crippen LogP contribution in [0.5, 0.6) is 0 Å². The molecule has 0 N–H and O–H groups in total. The van der Waals surface area contributed by atoms with E-state index in [1.807, 2.05) is 0 Å². The number of nitrogens with zero attached hydrogens (tertiary/aromatic N) is 1. The van der Waals surface area contributed by atoms with Gasteiger partial charge in [0.25, 0.3) is 0 Å². The molecule has 0 fully saturated rings. The topological polar surface area (TPSA) is 3.24 Å². The van der Waals surface area contributed by atoms with Gasteiger partial charge in [-0.2, -0.15) is 0 Å². The van der Waals surface area contributed by atoms with E-state index in [0.717, 1.165) is 0 Å². The molecule has 1 heteroatoms. The molecule has 0 atom stereocenters. The van der Waals surface area contributed by atoms with Gasteiger partial charge in [0.05, 0.1) is 48.2 Å². The number of hydrogen-bond acceptors (Lipinski definition) is 1. The van der Waals surface area contributed by atoms with Crippen molar-refractivity contribution < 1.29 is 50.7 Å². The lowest BCUT2D eigenvalue weighted by Crippen LogP contribution is -2.27. The number of rotatable bonds is 6. The first-order chi connectivity index (χ1) is 40.0. The van der Waals surface area contributed by atoms with Crippen molar-refractivity contribution in [2.45, 2.75) is 19.1 Å². The maximum Gasteiger partial charge on any atom is 0.0651 e. The van der Waals surface area contributed by atoms with Crippen LogP contribution < -0.4 is 4.90 Å². The Hall–Kier alpha value is -6.18. The predicted octanol–water partition coefficient (Wildman–Crippen LogP) is 13.6. The minimum Gasteiger partial charge on any atom is -0.310 e. The Bertz CT molecular complexity index is 4370. The summed E-state index contributed by atoms with van der Waals surface area (Å²) >= 11 is 0. The van der Waals surface area contributed by atoms with Crippen LogP contribution in [0.25, 0.3) is 55.3 Å². The summed E-state index contributed by atoms with van der Waals surface area (Å²) in [6.07, 6.45) is 0. The molecule has 8 aromatic rings. The molecule has 1 nitrogen and oxygen atoms in total. The first-order valence-electron chi connectivity index (χ1n) is 32.9. The van der Waals surface area contributed by atoms with Crippen LogP contribution in [0.2, 0.25) is 0 Å². The summed E-state index contributed by atoms with van der Waals surface area (Å²) in [5.41, 5.74) is -21.0. The van der Waals surface area contributed by atoms with E-state index in [2.05, 4.69) is 0 Å². The van der Waals surface area contributed by atoms with E-state index in [9.17, 15) is 26.0 Å². The molecule has 238 valence electrons. The zero-order chi connectivity index (χ0) is 65.6. The third-order valence-electron chi connectivity index (χ3n) is 7.69. The Labute approximate surface area is 346 Å². The van der Waals surface area contributed by atoms with Crippen LogP contribution in [0, 0.1) is 0 Å². The summed E-state index contributed by atoms with van der Waals surface area (Å²) in [6.45, 7) is -8.83. The number of hydrogen-bond donors (Lipinski definition) is 0. The van der Waals surface area contributed by atoms with Crippen molar-refractivity contribution in [3.8, 4) is 44.5 Å². The van der Waals surface area contributed by atoms with Crippen LogP contribution in [0.4, 0.5) is 17.1 Å². The second-order valence-corrected chi connectivity index (χ2v) is 10.5. The Morgan fingerprint density at radius 3 is 1.76 bits per heavy atom. The van der Waals surface area contributed by atoms with Crippen molar-refractivity contribution >= 4 is 27.8 Å². The highest BCUT2D eigenvalue weighted by Gasteiger charge is 2.38. The van der Waals surface area contributed by atoms with Crippen LogP contribution in [-0.2, 0) is 5.41 Å². The van der Waals surface area contributed by atoms with Crippen LogP contribution in [0.15, 0.2) is 187 Å². The highest BCUT2D eigenvalue weighted by Crippen LogP contribution is 2.55. The van der Waals surface area contributed by atoms with Crippen LogP contribution in [-0.4, -0.2) is 0 Å². The van der Waals surface area contributed by atoms with Crippen LogP contribution >= 0.6 is 0 Å². The van der Waals surface area contributed by atoms with Gasteiger partial charge in [-0.3, -0.25) is 0 Å². The van der Waals surface area contributed by atoms with Crippen molar-refractivity contribution in [2.75, 3.05) is 4.90 Å². The molecule has 9 rings (SSSR count). The molecule has 0 bridgehead atoms. The lowest BCUT2D eigenvalue weighted by Gasteiger charge is -2.40. The maximum atomic E-state index is 9.97. The lowest BCUT2D eigenvalue weighted by molar-refractivity contribution is 0.646. The molecular weight excluding hydrogens is 603 g/mol. The second kappa shape index (κ2) is 12.1. The fraction of sp³-hybridized carbons (Fsp3) is 0.0612. The van der Waals surface area contributed by atoms with Gasteiger partial charge < -0.3 is 4.90 Å². The minimum atomic E-state index is -4.41. The molecule has 0 heterocycles. The third kappa shape index (κ3) is 4.94. The van der Waals surface area contributed by atoms with Crippen molar-refractivity contribution in [2.24, 2.45) is 0 Å². The molecule has 8 aromatic carbocycles. The average Bonchev–Trinajstić information content (AvgIpc) is 0.656. The van der Waals surface area contributed by atoms with Gasteiger partial charge in [-0.1, -0.05) is 171 Å². The van der Waals surface area contributed by atoms with E-state index < -0.39 is 290 Å². The van der Waals surface area contributed by atoms with Gasteiger partial charge in [0, 0.05) is 25.0 Å². The monoisotopic (exact) mass is 677 g/mol. The van der Waals surface area contributed by atoms with Gasteiger partial charge in [-0.15, -0.1) is 0 Å². The van der Waals surface area contributed by atoms with E-state index in [1.165, 1.54) is 0 Å². The second-order valence-electron chi connectivity index (χ2n) is 10.5. The van der Waals surface area contributed by atoms with E-state index in [4.69, 9.17) is 24.7 Å². The Balaban J connectivity index is 1.71. The summed E-state index contributed by atoms with van der Waals surface area (Å²) < 4.78 is 339. The van der Waals surface area contributed by atoms with Crippen molar-refractivity contribution in [3.05, 3.63) is 198 Å². The molecule has 0 saturated heterocycles. The van der Waals surface area contributed by atoms with Gasteiger partial charge in [0.15, 0.2) is 0 Å². The number of anilines is 3.